The lowest BCUT2D eigenvalue weighted by Crippen LogP contribution is -2.16. The Balaban J connectivity index is 3.73. The molecule has 0 heterocycles. The van der Waals surface area contributed by atoms with Crippen LogP contribution < -0.4 is 0 Å². The van der Waals surface area contributed by atoms with Gasteiger partial charge in [-0.2, -0.15) is 0 Å². The first-order valence-corrected chi connectivity index (χ1v) is 3.03. The van der Waals surface area contributed by atoms with Crippen molar-refractivity contribution in [3.05, 3.63) is 12.7 Å². The zero-order chi connectivity index (χ0) is 7.98. The maximum absolute atomic E-state index is 10.4. The number of carbonyl (C=O) groups is 2. The van der Waals surface area contributed by atoms with Crippen LogP contribution in [-0.2, 0) is 14.3 Å². The summed E-state index contributed by atoms with van der Waals surface area (Å²) < 4.78 is 4.57. The molecule has 0 amide bonds. The quantitative estimate of drug-likeness (QED) is 0.329. The van der Waals surface area contributed by atoms with E-state index in [-0.39, 0.29) is 0 Å². The van der Waals surface area contributed by atoms with Gasteiger partial charge in [0, 0.05) is 6.08 Å². The Bertz CT molecular complexity index is 140. The maximum Gasteiger partial charge on any atom is 0.330 e. The lowest BCUT2D eigenvalue weighted by molar-refractivity contribution is -0.146. The van der Waals surface area contributed by atoms with Crippen LogP contribution in [0.1, 0.15) is 13.3 Å². The molecule has 0 saturated carbocycles. The van der Waals surface area contributed by atoms with Crippen molar-refractivity contribution >= 4 is 12.3 Å². The minimum Gasteiger partial charge on any atom is -0.452 e. The van der Waals surface area contributed by atoms with Crippen LogP contribution in [0.2, 0.25) is 0 Å². The monoisotopic (exact) mass is 142 g/mol. The van der Waals surface area contributed by atoms with Gasteiger partial charge in [0.05, 0.1) is 0 Å². The van der Waals surface area contributed by atoms with Crippen molar-refractivity contribution in [2.24, 2.45) is 0 Å². The molecule has 1 unspecified atom stereocenters. The summed E-state index contributed by atoms with van der Waals surface area (Å²) in [6.45, 7) is 4.95. The number of hydrogen-bond donors (Lipinski definition) is 0. The summed E-state index contributed by atoms with van der Waals surface area (Å²) >= 11 is 0. The third-order valence-corrected chi connectivity index (χ3v) is 0.988. The first-order chi connectivity index (χ1) is 4.74. The standard InChI is InChI=1S/C7H10O3/c1-3-6(5-8)10-7(9)4-2/h4-6H,2-3H2,1H3. The van der Waals surface area contributed by atoms with Gasteiger partial charge >= 0.3 is 5.97 Å². The minimum atomic E-state index is -0.620. The summed E-state index contributed by atoms with van der Waals surface area (Å²) in [5.74, 6) is -0.557. The second-order valence-electron chi connectivity index (χ2n) is 1.72. The molecule has 0 aromatic heterocycles. The van der Waals surface area contributed by atoms with Crippen molar-refractivity contribution in [2.45, 2.75) is 19.4 Å². The third kappa shape index (κ3) is 3.02. The molecule has 1 atom stereocenters. The molecule has 0 aromatic carbocycles. The predicted molar refractivity (Wildman–Crippen MR) is 36.4 cm³/mol. The largest absolute Gasteiger partial charge is 0.452 e. The van der Waals surface area contributed by atoms with Gasteiger partial charge in [-0.3, -0.25) is 4.79 Å². The molecule has 0 spiro atoms. The Labute approximate surface area is 59.7 Å². The van der Waals surface area contributed by atoms with Crippen molar-refractivity contribution in [2.75, 3.05) is 0 Å². The summed E-state index contributed by atoms with van der Waals surface area (Å²) in [4.78, 5) is 20.5. The molecule has 0 fully saturated rings. The fourth-order valence-corrected chi connectivity index (χ4v) is 0.405. The number of ether oxygens (including phenoxy) is 1. The maximum atomic E-state index is 10.4. The zero-order valence-corrected chi connectivity index (χ0v) is 5.87. The molecule has 0 aliphatic rings. The fourth-order valence-electron chi connectivity index (χ4n) is 0.405. The molecule has 0 aliphatic carbocycles. The molecule has 0 rings (SSSR count). The normalized spacial score (nSPS) is 11.7. The number of aldehydes is 1. The van der Waals surface area contributed by atoms with Gasteiger partial charge in [0.25, 0.3) is 0 Å². The highest BCUT2D eigenvalue weighted by Gasteiger charge is 2.06. The molecule has 0 aromatic rings. The highest BCUT2D eigenvalue weighted by molar-refractivity contribution is 5.82. The van der Waals surface area contributed by atoms with E-state index in [1.807, 2.05) is 0 Å². The van der Waals surface area contributed by atoms with E-state index < -0.39 is 12.1 Å². The zero-order valence-electron chi connectivity index (χ0n) is 5.87. The van der Waals surface area contributed by atoms with Crippen molar-refractivity contribution in [1.82, 2.24) is 0 Å². The van der Waals surface area contributed by atoms with Crippen LogP contribution in [0.4, 0.5) is 0 Å². The smallest absolute Gasteiger partial charge is 0.330 e. The second kappa shape index (κ2) is 4.73. The molecule has 56 valence electrons. The fraction of sp³-hybridized carbons (Fsp3) is 0.429. The van der Waals surface area contributed by atoms with E-state index in [1.54, 1.807) is 6.92 Å². The third-order valence-electron chi connectivity index (χ3n) is 0.988. The molecule has 0 bridgehead atoms. The molecular weight excluding hydrogens is 132 g/mol. The Morgan fingerprint density at radius 2 is 2.40 bits per heavy atom. The average molecular weight is 142 g/mol. The van der Waals surface area contributed by atoms with Gasteiger partial charge in [0.15, 0.2) is 12.4 Å². The van der Waals surface area contributed by atoms with E-state index in [1.165, 1.54) is 0 Å². The van der Waals surface area contributed by atoms with Crippen LogP contribution in [-0.4, -0.2) is 18.4 Å². The SMILES string of the molecule is C=CC(=O)OC(C=O)CC. The number of esters is 1. The number of hydrogen-bond acceptors (Lipinski definition) is 3. The topological polar surface area (TPSA) is 43.4 Å². The van der Waals surface area contributed by atoms with Gasteiger partial charge in [-0.15, -0.1) is 0 Å². The van der Waals surface area contributed by atoms with Gasteiger partial charge < -0.3 is 4.74 Å². The Hall–Kier alpha value is -1.12. The molecule has 3 nitrogen and oxygen atoms in total. The minimum absolute atomic E-state index is 0.503. The van der Waals surface area contributed by atoms with Gasteiger partial charge in [-0.1, -0.05) is 13.5 Å². The summed E-state index contributed by atoms with van der Waals surface area (Å²) in [7, 11) is 0. The first kappa shape index (κ1) is 8.88. The summed E-state index contributed by atoms with van der Waals surface area (Å²) in [6.07, 6.45) is 1.52. The molecule has 0 aliphatic heterocycles. The van der Waals surface area contributed by atoms with Crippen LogP contribution in [0.5, 0.6) is 0 Å². The molecule has 0 radical (unpaired) electrons. The van der Waals surface area contributed by atoms with Gasteiger partial charge in [-0.05, 0) is 6.42 Å². The Morgan fingerprint density at radius 3 is 2.70 bits per heavy atom. The molecule has 10 heavy (non-hydrogen) atoms. The number of rotatable bonds is 4. The van der Waals surface area contributed by atoms with Crippen molar-refractivity contribution in [1.29, 1.82) is 0 Å². The lowest BCUT2D eigenvalue weighted by atomic mass is 10.3. The van der Waals surface area contributed by atoms with E-state index >= 15 is 0 Å². The predicted octanol–water partition coefficient (Wildman–Crippen LogP) is 0.693. The summed E-state index contributed by atoms with van der Waals surface area (Å²) in [5, 5.41) is 0. The first-order valence-electron chi connectivity index (χ1n) is 3.03. The highest BCUT2D eigenvalue weighted by atomic mass is 16.5. The van der Waals surface area contributed by atoms with Crippen LogP contribution in [0.3, 0.4) is 0 Å². The highest BCUT2D eigenvalue weighted by Crippen LogP contribution is 1.94. The van der Waals surface area contributed by atoms with Crippen LogP contribution in [0.25, 0.3) is 0 Å². The van der Waals surface area contributed by atoms with E-state index in [4.69, 9.17) is 0 Å². The molecular formula is C7H10O3. The van der Waals surface area contributed by atoms with Crippen LogP contribution in [0, 0.1) is 0 Å². The van der Waals surface area contributed by atoms with E-state index in [2.05, 4.69) is 11.3 Å². The Kier molecular flexibility index (Phi) is 4.20. The van der Waals surface area contributed by atoms with Crippen molar-refractivity contribution < 1.29 is 14.3 Å². The second-order valence-corrected chi connectivity index (χ2v) is 1.72. The van der Waals surface area contributed by atoms with Gasteiger partial charge in [-0.25, -0.2) is 4.79 Å². The molecule has 0 N–H and O–H groups in total. The van der Waals surface area contributed by atoms with E-state index in [0.29, 0.717) is 12.7 Å². The van der Waals surface area contributed by atoms with Crippen LogP contribution in [0.15, 0.2) is 12.7 Å². The average Bonchev–Trinajstić information content (AvgIpc) is 1.99. The van der Waals surface area contributed by atoms with Crippen molar-refractivity contribution in [3.63, 3.8) is 0 Å². The molecule has 0 saturated heterocycles. The summed E-state index contributed by atoms with van der Waals surface area (Å²) in [5.41, 5.74) is 0. The van der Waals surface area contributed by atoms with Gasteiger partial charge in [0.2, 0.25) is 0 Å². The number of carbonyl (C=O) groups excluding carboxylic acids is 2. The molecule has 3 heteroatoms. The van der Waals surface area contributed by atoms with Crippen molar-refractivity contribution in [3.8, 4) is 0 Å². The summed E-state index contributed by atoms with van der Waals surface area (Å²) in [6, 6.07) is 0. The van der Waals surface area contributed by atoms with Gasteiger partial charge in [0.1, 0.15) is 0 Å². The van der Waals surface area contributed by atoms with E-state index in [0.717, 1.165) is 6.08 Å². The van der Waals surface area contributed by atoms with E-state index in [9.17, 15) is 9.59 Å². The Morgan fingerprint density at radius 1 is 1.80 bits per heavy atom. The van der Waals surface area contributed by atoms with Crippen LogP contribution >= 0.6 is 0 Å². The lowest BCUT2D eigenvalue weighted by Gasteiger charge is -2.05.